The summed E-state index contributed by atoms with van der Waals surface area (Å²) in [5.74, 6) is 0.960. The summed E-state index contributed by atoms with van der Waals surface area (Å²) in [6, 6.07) is 6.01. The quantitative estimate of drug-likeness (QED) is 0.818. The van der Waals surface area contributed by atoms with Gasteiger partial charge in [0.15, 0.2) is 0 Å². The summed E-state index contributed by atoms with van der Waals surface area (Å²) >= 11 is 0. The number of hydrogen-bond donors (Lipinski definition) is 1. The minimum Gasteiger partial charge on any atom is -0.420 e. The topological polar surface area (TPSA) is 80.5 Å². The zero-order valence-electron chi connectivity index (χ0n) is 15.8. The predicted octanol–water partition coefficient (Wildman–Crippen LogP) is 2.35. The van der Waals surface area contributed by atoms with Gasteiger partial charge in [-0.3, -0.25) is 9.69 Å². The van der Waals surface area contributed by atoms with Crippen LogP contribution in [0.25, 0.3) is 11.5 Å². The molecule has 1 aromatic carbocycles. The van der Waals surface area contributed by atoms with Gasteiger partial charge in [-0.25, -0.2) is 4.39 Å². The Hall–Kier alpha value is -2.32. The highest BCUT2D eigenvalue weighted by Crippen LogP contribution is 2.29. The highest BCUT2D eigenvalue weighted by atomic mass is 19.1. The lowest BCUT2D eigenvalue weighted by molar-refractivity contribution is -0.123. The summed E-state index contributed by atoms with van der Waals surface area (Å²) in [7, 11) is 0. The van der Waals surface area contributed by atoms with Crippen molar-refractivity contribution in [1.82, 2.24) is 20.4 Å². The molecule has 1 aromatic heterocycles. The number of nitrogens with zero attached hydrogens (tertiary/aromatic N) is 3. The van der Waals surface area contributed by atoms with Crippen LogP contribution < -0.4 is 5.32 Å². The van der Waals surface area contributed by atoms with Gasteiger partial charge in [0.1, 0.15) is 5.82 Å². The van der Waals surface area contributed by atoms with Crippen molar-refractivity contribution in [2.24, 2.45) is 0 Å². The van der Waals surface area contributed by atoms with Crippen LogP contribution in [0.5, 0.6) is 0 Å². The van der Waals surface area contributed by atoms with Gasteiger partial charge < -0.3 is 14.5 Å². The van der Waals surface area contributed by atoms with E-state index in [1.165, 1.54) is 12.1 Å². The summed E-state index contributed by atoms with van der Waals surface area (Å²) in [6.07, 6.45) is 4.00. The van der Waals surface area contributed by atoms with E-state index >= 15 is 0 Å². The van der Waals surface area contributed by atoms with Gasteiger partial charge in [0, 0.05) is 24.6 Å². The number of carbonyl (C=O) groups is 1. The van der Waals surface area contributed by atoms with E-state index in [9.17, 15) is 9.18 Å². The van der Waals surface area contributed by atoms with Crippen LogP contribution >= 0.6 is 0 Å². The minimum atomic E-state index is -0.296. The molecule has 0 bridgehead atoms. The molecule has 2 saturated heterocycles. The molecular weight excluding hydrogens is 363 g/mol. The van der Waals surface area contributed by atoms with E-state index in [-0.39, 0.29) is 23.7 Å². The molecule has 2 aromatic rings. The maximum Gasteiger partial charge on any atom is 0.247 e. The lowest BCUT2D eigenvalue weighted by atomic mass is 9.97. The fraction of sp³-hybridized carbons (Fsp3) is 0.550. The molecule has 4 rings (SSSR count). The zero-order valence-corrected chi connectivity index (χ0v) is 15.8. The number of halogens is 1. The first-order chi connectivity index (χ1) is 13.7. The second-order valence-electron chi connectivity index (χ2n) is 7.44. The summed E-state index contributed by atoms with van der Waals surface area (Å²) in [5, 5.41) is 11.2. The van der Waals surface area contributed by atoms with Crippen LogP contribution in [0.1, 0.15) is 37.5 Å². The molecule has 0 unspecified atom stereocenters. The van der Waals surface area contributed by atoms with Crippen molar-refractivity contribution in [3.63, 3.8) is 0 Å². The summed E-state index contributed by atoms with van der Waals surface area (Å²) in [6.45, 7) is 3.43. The number of aromatic nitrogens is 2. The van der Waals surface area contributed by atoms with Gasteiger partial charge in [-0.15, -0.1) is 10.2 Å². The monoisotopic (exact) mass is 388 g/mol. The Labute approximate surface area is 163 Å². The number of benzene rings is 1. The van der Waals surface area contributed by atoms with Crippen LogP contribution in [-0.4, -0.2) is 59.9 Å². The lowest BCUT2D eigenvalue weighted by Crippen LogP contribution is -2.43. The van der Waals surface area contributed by atoms with Crippen LogP contribution in [-0.2, 0) is 9.53 Å². The Morgan fingerprint density at radius 2 is 1.96 bits per heavy atom. The summed E-state index contributed by atoms with van der Waals surface area (Å²) in [5.41, 5.74) is 0.709. The Morgan fingerprint density at radius 1 is 1.18 bits per heavy atom. The molecule has 2 aliphatic heterocycles. The second kappa shape index (κ2) is 8.79. The number of nitrogens with one attached hydrogen (secondary N) is 1. The average molecular weight is 388 g/mol. The first kappa shape index (κ1) is 19.0. The number of likely N-dealkylation sites (tertiary alicyclic amines) is 1. The van der Waals surface area contributed by atoms with E-state index in [0.717, 1.165) is 45.4 Å². The molecule has 7 nitrogen and oxygen atoms in total. The van der Waals surface area contributed by atoms with Crippen molar-refractivity contribution in [2.45, 2.75) is 37.7 Å². The lowest BCUT2D eigenvalue weighted by Gasteiger charge is -2.29. The first-order valence-corrected chi connectivity index (χ1v) is 9.87. The third kappa shape index (κ3) is 4.74. The fourth-order valence-electron chi connectivity index (χ4n) is 3.74. The smallest absolute Gasteiger partial charge is 0.247 e. The van der Waals surface area contributed by atoms with E-state index in [1.807, 2.05) is 0 Å². The molecule has 0 aliphatic carbocycles. The maximum absolute atomic E-state index is 13.0. The predicted molar refractivity (Wildman–Crippen MR) is 100 cm³/mol. The largest absolute Gasteiger partial charge is 0.420 e. The van der Waals surface area contributed by atoms with Crippen LogP contribution in [0.4, 0.5) is 4.39 Å². The molecule has 1 atom stereocenters. The van der Waals surface area contributed by atoms with Crippen LogP contribution in [0.2, 0.25) is 0 Å². The molecule has 0 saturated carbocycles. The van der Waals surface area contributed by atoms with Gasteiger partial charge in [0.05, 0.1) is 12.6 Å². The molecule has 0 spiro atoms. The third-order valence-corrected chi connectivity index (χ3v) is 5.39. The molecule has 150 valence electrons. The molecule has 1 N–H and O–H groups in total. The number of carbonyl (C=O) groups excluding carboxylic acids is 1. The van der Waals surface area contributed by atoms with Gasteiger partial charge in [0.25, 0.3) is 0 Å². The van der Waals surface area contributed by atoms with Gasteiger partial charge >= 0.3 is 0 Å². The van der Waals surface area contributed by atoms with E-state index in [0.29, 0.717) is 30.4 Å². The van der Waals surface area contributed by atoms with Gasteiger partial charge in [-0.05, 0) is 63.0 Å². The van der Waals surface area contributed by atoms with E-state index in [1.54, 1.807) is 12.1 Å². The van der Waals surface area contributed by atoms with Gasteiger partial charge in [-0.2, -0.15) is 0 Å². The van der Waals surface area contributed by atoms with Crippen LogP contribution in [0.3, 0.4) is 0 Å². The van der Waals surface area contributed by atoms with Crippen molar-refractivity contribution in [2.75, 3.05) is 32.8 Å². The fourth-order valence-corrected chi connectivity index (χ4v) is 3.74. The highest BCUT2D eigenvalue weighted by molar-refractivity contribution is 5.78. The SMILES string of the molecule is O=C(CN1CCC(c2nnc(-c3ccc(F)cc3)o2)CC1)NC[C@H]1CCCO1. The van der Waals surface area contributed by atoms with Crippen molar-refractivity contribution in [1.29, 1.82) is 0 Å². The van der Waals surface area contributed by atoms with Gasteiger partial charge in [0.2, 0.25) is 17.7 Å². The van der Waals surface area contributed by atoms with Crippen molar-refractivity contribution >= 4 is 5.91 Å². The molecule has 2 aliphatic rings. The molecule has 28 heavy (non-hydrogen) atoms. The minimum absolute atomic E-state index is 0.0466. The van der Waals surface area contributed by atoms with Crippen LogP contribution in [0, 0.1) is 5.82 Å². The van der Waals surface area contributed by atoms with E-state index in [4.69, 9.17) is 9.15 Å². The number of hydrogen-bond acceptors (Lipinski definition) is 6. The molecule has 8 heteroatoms. The molecule has 3 heterocycles. The van der Waals surface area contributed by atoms with Crippen molar-refractivity contribution < 1.29 is 18.3 Å². The molecule has 0 radical (unpaired) electrons. The standard InChI is InChI=1S/C20H25FN4O3/c21-16-5-3-14(4-6-16)19-23-24-20(28-19)15-7-9-25(10-8-15)13-18(26)22-12-17-2-1-11-27-17/h3-6,15,17H,1-2,7-13H2,(H,22,26)/t17-/m1/s1. The number of piperidine rings is 1. The molecule has 1 amide bonds. The van der Waals surface area contributed by atoms with Crippen molar-refractivity contribution in [3.8, 4) is 11.5 Å². The summed E-state index contributed by atoms with van der Waals surface area (Å²) < 4.78 is 24.4. The van der Waals surface area contributed by atoms with E-state index in [2.05, 4.69) is 20.4 Å². The Morgan fingerprint density at radius 3 is 2.68 bits per heavy atom. The van der Waals surface area contributed by atoms with E-state index < -0.39 is 0 Å². The number of ether oxygens (including phenoxy) is 1. The number of rotatable bonds is 6. The molecular formula is C20H25FN4O3. The van der Waals surface area contributed by atoms with Crippen molar-refractivity contribution in [3.05, 3.63) is 36.0 Å². The highest BCUT2D eigenvalue weighted by Gasteiger charge is 2.26. The summed E-state index contributed by atoms with van der Waals surface area (Å²) in [4.78, 5) is 14.3. The Kier molecular flexibility index (Phi) is 5.97. The van der Waals surface area contributed by atoms with Crippen LogP contribution in [0.15, 0.2) is 28.7 Å². The zero-order chi connectivity index (χ0) is 19.3. The number of amides is 1. The molecule has 2 fully saturated rings. The Balaban J connectivity index is 1.24. The Bertz CT molecular complexity index is 781. The first-order valence-electron chi connectivity index (χ1n) is 9.87. The normalized spacial score (nSPS) is 21.1. The van der Waals surface area contributed by atoms with Gasteiger partial charge in [-0.1, -0.05) is 0 Å². The third-order valence-electron chi connectivity index (χ3n) is 5.39. The second-order valence-corrected chi connectivity index (χ2v) is 7.44. The average Bonchev–Trinajstić information content (AvgIpc) is 3.40. The maximum atomic E-state index is 13.0.